The highest BCUT2D eigenvalue weighted by Gasteiger charge is 2.38. The summed E-state index contributed by atoms with van der Waals surface area (Å²) in [5.74, 6) is -3.65. The maximum Gasteiger partial charge on any atom is 0.326 e. The van der Waals surface area contributed by atoms with Crippen molar-refractivity contribution in [2.24, 2.45) is 17.4 Å². The lowest BCUT2D eigenvalue weighted by Crippen LogP contribution is -2.57. The fraction of sp³-hybridized carbons (Fsp3) is 0.519. The minimum absolute atomic E-state index is 0.0000213. The number of primary amides is 1. The Morgan fingerprint density at radius 2 is 1.87 bits per heavy atom. The van der Waals surface area contributed by atoms with Crippen LogP contribution in [0.1, 0.15) is 51.5 Å². The highest BCUT2D eigenvalue weighted by atomic mass is 16.4. The topological polar surface area (TPSA) is 201 Å². The van der Waals surface area contributed by atoms with Crippen LogP contribution in [0.3, 0.4) is 0 Å². The zero-order chi connectivity index (χ0) is 28.7. The molecule has 1 aromatic carbocycles. The van der Waals surface area contributed by atoms with Gasteiger partial charge in [-0.3, -0.25) is 19.2 Å². The smallest absolute Gasteiger partial charge is 0.326 e. The monoisotopic (exact) mass is 542 g/mol. The second-order valence-corrected chi connectivity index (χ2v) is 10.1. The number of hydrogen-bond acceptors (Lipinski definition) is 6. The van der Waals surface area contributed by atoms with Crippen molar-refractivity contribution in [1.82, 2.24) is 20.5 Å². The summed E-state index contributed by atoms with van der Waals surface area (Å²) in [6.07, 6.45) is 3.06. The molecule has 0 bridgehead atoms. The number of amides is 4. The molecule has 39 heavy (non-hydrogen) atoms. The molecule has 0 aliphatic carbocycles. The number of carbonyl (C=O) groups is 5. The lowest BCUT2D eigenvalue weighted by Gasteiger charge is -2.30. The molecular formula is C27H38N6O6. The number of fused-ring (bicyclic) bond motifs is 1. The number of nitrogens with one attached hydrogen (secondary N) is 3. The Kier molecular flexibility index (Phi) is 10.0. The van der Waals surface area contributed by atoms with Gasteiger partial charge in [0, 0.05) is 36.5 Å². The van der Waals surface area contributed by atoms with Gasteiger partial charge in [-0.1, -0.05) is 38.5 Å². The number of likely N-dealkylation sites (tertiary alicyclic amines) is 1. The molecule has 4 amide bonds. The number of H-pyrrole nitrogens is 1. The minimum Gasteiger partial charge on any atom is -0.480 e. The number of hydrogen-bond donors (Lipinski definition) is 6. The zero-order valence-electron chi connectivity index (χ0n) is 22.3. The Morgan fingerprint density at radius 3 is 2.54 bits per heavy atom. The summed E-state index contributed by atoms with van der Waals surface area (Å²) < 4.78 is 0. The second kappa shape index (κ2) is 13.2. The average molecular weight is 543 g/mol. The third-order valence-corrected chi connectivity index (χ3v) is 7.41. The lowest BCUT2D eigenvalue weighted by atomic mass is 9.98. The van der Waals surface area contributed by atoms with Gasteiger partial charge in [-0.05, 0) is 36.8 Å². The van der Waals surface area contributed by atoms with Crippen molar-refractivity contribution in [1.29, 1.82) is 0 Å². The van der Waals surface area contributed by atoms with Crippen LogP contribution in [0, 0.1) is 5.92 Å². The van der Waals surface area contributed by atoms with E-state index in [-0.39, 0.29) is 31.1 Å². The molecule has 1 fully saturated rings. The van der Waals surface area contributed by atoms with Gasteiger partial charge in [-0.15, -0.1) is 0 Å². The SMILES string of the molecule is CCC(C)C(N)C(=O)N1CCCC1C(=O)NC(CCC(N)=O)C(=O)NC(Cc1c[nH]c2ccccc12)C(=O)O. The van der Waals surface area contributed by atoms with Crippen molar-refractivity contribution in [3.05, 3.63) is 36.0 Å². The molecule has 0 radical (unpaired) electrons. The van der Waals surface area contributed by atoms with Gasteiger partial charge in [0.05, 0.1) is 6.04 Å². The molecule has 5 atom stereocenters. The van der Waals surface area contributed by atoms with Crippen LogP contribution in [0.4, 0.5) is 0 Å². The fourth-order valence-electron chi connectivity index (χ4n) is 4.81. The molecule has 8 N–H and O–H groups in total. The summed E-state index contributed by atoms with van der Waals surface area (Å²) in [7, 11) is 0. The first-order valence-electron chi connectivity index (χ1n) is 13.3. The summed E-state index contributed by atoms with van der Waals surface area (Å²) in [5, 5.41) is 15.8. The molecule has 2 heterocycles. The van der Waals surface area contributed by atoms with Gasteiger partial charge in [-0.2, -0.15) is 0 Å². The molecule has 1 aliphatic heterocycles. The van der Waals surface area contributed by atoms with Gasteiger partial charge in [0.25, 0.3) is 0 Å². The standard InChI is InChI=1S/C27H38N6O6/c1-3-15(2)23(29)26(37)33-12-6-9-21(33)25(36)31-19(10-11-22(28)34)24(35)32-20(27(38)39)13-16-14-30-18-8-5-4-7-17(16)18/h4-5,7-8,14-15,19-21,23,30H,3,6,9-13,29H2,1-2H3,(H2,28,34)(H,31,36)(H,32,35)(H,38,39). The first kappa shape index (κ1) is 29.6. The maximum atomic E-state index is 13.2. The molecule has 12 nitrogen and oxygen atoms in total. The number of benzene rings is 1. The molecule has 0 saturated carbocycles. The number of para-hydroxylation sites is 1. The van der Waals surface area contributed by atoms with E-state index in [1.807, 2.05) is 38.1 Å². The van der Waals surface area contributed by atoms with Crippen LogP contribution < -0.4 is 22.1 Å². The molecule has 1 aliphatic rings. The van der Waals surface area contributed by atoms with Crippen molar-refractivity contribution in [2.45, 2.75) is 76.5 Å². The van der Waals surface area contributed by atoms with Crippen LogP contribution in [-0.4, -0.2) is 75.3 Å². The van der Waals surface area contributed by atoms with Gasteiger partial charge in [0.15, 0.2) is 0 Å². The van der Waals surface area contributed by atoms with E-state index in [1.165, 1.54) is 4.90 Å². The number of nitrogens with zero attached hydrogens (tertiary/aromatic N) is 1. The highest BCUT2D eigenvalue weighted by Crippen LogP contribution is 2.22. The number of carbonyl (C=O) groups excluding carboxylic acids is 4. The number of aromatic nitrogens is 1. The van der Waals surface area contributed by atoms with E-state index in [1.54, 1.807) is 6.20 Å². The predicted octanol–water partition coefficient (Wildman–Crippen LogP) is 0.395. The number of rotatable bonds is 13. The largest absolute Gasteiger partial charge is 0.480 e. The van der Waals surface area contributed by atoms with E-state index in [4.69, 9.17) is 11.5 Å². The number of aromatic amines is 1. The highest BCUT2D eigenvalue weighted by molar-refractivity contribution is 5.95. The molecule has 212 valence electrons. The van der Waals surface area contributed by atoms with E-state index in [0.717, 1.165) is 10.9 Å². The van der Waals surface area contributed by atoms with Gasteiger partial charge in [0.2, 0.25) is 23.6 Å². The van der Waals surface area contributed by atoms with Gasteiger partial charge < -0.3 is 37.1 Å². The van der Waals surface area contributed by atoms with Crippen LogP contribution in [0.25, 0.3) is 10.9 Å². The summed E-state index contributed by atoms with van der Waals surface area (Å²) in [6.45, 7) is 4.16. The lowest BCUT2D eigenvalue weighted by molar-refractivity contribution is -0.143. The van der Waals surface area contributed by atoms with E-state index >= 15 is 0 Å². The van der Waals surface area contributed by atoms with Gasteiger partial charge in [-0.25, -0.2) is 4.79 Å². The number of carboxylic acids is 1. The Balaban J connectivity index is 1.73. The molecule has 1 aromatic heterocycles. The van der Waals surface area contributed by atoms with Gasteiger partial charge >= 0.3 is 5.97 Å². The third kappa shape index (κ3) is 7.34. The minimum atomic E-state index is -1.29. The molecule has 3 rings (SSSR count). The van der Waals surface area contributed by atoms with Crippen molar-refractivity contribution in [3.63, 3.8) is 0 Å². The summed E-state index contributed by atoms with van der Waals surface area (Å²) in [6, 6.07) is 3.29. The van der Waals surface area contributed by atoms with Crippen molar-refractivity contribution >= 4 is 40.5 Å². The van der Waals surface area contributed by atoms with Crippen LogP contribution in [-0.2, 0) is 30.4 Å². The Labute approximate surface area is 226 Å². The Bertz CT molecular complexity index is 1210. The number of carboxylic acid groups (broad SMARTS) is 1. The van der Waals surface area contributed by atoms with Crippen LogP contribution in [0.5, 0.6) is 0 Å². The molecule has 1 saturated heterocycles. The number of nitrogens with two attached hydrogens (primary N) is 2. The molecule has 2 aromatic rings. The molecular weight excluding hydrogens is 504 g/mol. The molecule has 5 unspecified atom stereocenters. The molecule has 12 heteroatoms. The van der Waals surface area contributed by atoms with Crippen molar-refractivity contribution in [3.8, 4) is 0 Å². The zero-order valence-corrected chi connectivity index (χ0v) is 22.3. The maximum absolute atomic E-state index is 13.2. The van der Waals surface area contributed by atoms with E-state index in [0.29, 0.717) is 31.4 Å². The average Bonchev–Trinajstić information content (AvgIpc) is 3.56. The first-order valence-corrected chi connectivity index (χ1v) is 13.3. The Hall–Kier alpha value is -3.93. The Morgan fingerprint density at radius 1 is 1.15 bits per heavy atom. The quantitative estimate of drug-likeness (QED) is 0.210. The van der Waals surface area contributed by atoms with Gasteiger partial charge in [0.1, 0.15) is 18.1 Å². The van der Waals surface area contributed by atoms with E-state index < -0.39 is 47.9 Å². The van der Waals surface area contributed by atoms with Crippen molar-refractivity contribution in [2.75, 3.05) is 6.54 Å². The third-order valence-electron chi connectivity index (χ3n) is 7.41. The predicted molar refractivity (Wildman–Crippen MR) is 144 cm³/mol. The van der Waals surface area contributed by atoms with Crippen LogP contribution >= 0.6 is 0 Å². The first-order chi connectivity index (χ1) is 18.5. The fourth-order valence-corrected chi connectivity index (χ4v) is 4.81. The van der Waals surface area contributed by atoms with Crippen molar-refractivity contribution < 1.29 is 29.1 Å². The van der Waals surface area contributed by atoms with E-state index in [9.17, 15) is 29.1 Å². The summed E-state index contributed by atoms with van der Waals surface area (Å²) in [4.78, 5) is 67.4. The normalized spacial score (nSPS) is 18.2. The summed E-state index contributed by atoms with van der Waals surface area (Å²) >= 11 is 0. The van der Waals surface area contributed by atoms with Crippen LogP contribution in [0.2, 0.25) is 0 Å². The second-order valence-electron chi connectivity index (χ2n) is 10.1. The van der Waals surface area contributed by atoms with Crippen LogP contribution in [0.15, 0.2) is 30.5 Å². The number of aliphatic carboxylic acids is 1. The molecule has 0 spiro atoms. The van der Waals surface area contributed by atoms with E-state index in [2.05, 4.69) is 15.6 Å². The summed E-state index contributed by atoms with van der Waals surface area (Å²) in [5.41, 5.74) is 12.9.